The Morgan fingerprint density at radius 3 is 2.54 bits per heavy atom. The summed E-state index contributed by atoms with van der Waals surface area (Å²) in [6, 6.07) is 7.54. The van der Waals surface area contributed by atoms with Crippen molar-refractivity contribution in [2.24, 2.45) is 0 Å². The van der Waals surface area contributed by atoms with Crippen LogP contribution in [-0.4, -0.2) is 56.9 Å². The van der Waals surface area contributed by atoms with Crippen molar-refractivity contribution in [2.45, 2.75) is 6.54 Å². The largest absolute Gasteiger partial charge is 0.380 e. The lowest BCUT2D eigenvalue weighted by Crippen LogP contribution is -2.49. The van der Waals surface area contributed by atoms with Gasteiger partial charge in [0.15, 0.2) is 0 Å². The highest BCUT2D eigenvalue weighted by atomic mass is 16.2. The Morgan fingerprint density at radius 2 is 1.79 bits per heavy atom. The van der Waals surface area contributed by atoms with E-state index in [1.807, 2.05) is 29.3 Å². The Bertz CT molecular complexity index is 912. The number of aromatic nitrogens is 4. The third-order valence-corrected chi connectivity index (χ3v) is 4.61. The molecule has 0 aromatic carbocycles. The molecule has 0 saturated carbocycles. The van der Waals surface area contributed by atoms with Gasteiger partial charge >= 0.3 is 0 Å². The predicted molar refractivity (Wildman–Crippen MR) is 106 cm³/mol. The highest BCUT2D eigenvalue weighted by molar-refractivity contribution is 5.94. The summed E-state index contributed by atoms with van der Waals surface area (Å²) < 4.78 is 0. The van der Waals surface area contributed by atoms with E-state index < -0.39 is 0 Å². The molecule has 3 aromatic rings. The van der Waals surface area contributed by atoms with E-state index in [9.17, 15) is 4.79 Å². The van der Waals surface area contributed by atoms with Crippen LogP contribution in [0.25, 0.3) is 0 Å². The third kappa shape index (κ3) is 4.22. The summed E-state index contributed by atoms with van der Waals surface area (Å²) in [5.41, 5.74) is 2.46. The molecule has 142 valence electrons. The number of hydrogen-bond acceptors (Lipinski definition) is 7. The number of carbonyl (C=O) groups excluding carboxylic acids is 1. The predicted octanol–water partition coefficient (Wildman–Crippen LogP) is 1.84. The number of pyridine rings is 2. The molecule has 8 nitrogen and oxygen atoms in total. The zero-order chi connectivity index (χ0) is 19.2. The van der Waals surface area contributed by atoms with Crippen molar-refractivity contribution >= 4 is 17.5 Å². The fourth-order valence-corrected chi connectivity index (χ4v) is 3.11. The number of piperazine rings is 1. The van der Waals surface area contributed by atoms with Crippen LogP contribution >= 0.6 is 0 Å². The molecule has 0 bridgehead atoms. The van der Waals surface area contributed by atoms with Gasteiger partial charge in [-0.25, -0.2) is 9.97 Å². The van der Waals surface area contributed by atoms with E-state index in [2.05, 4.69) is 30.2 Å². The maximum absolute atomic E-state index is 12.9. The minimum atomic E-state index is -0.00819. The van der Waals surface area contributed by atoms with Crippen molar-refractivity contribution in [3.63, 3.8) is 0 Å². The van der Waals surface area contributed by atoms with Crippen LogP contribution in [0.3, 0.4) is 0 Å². The second kappa shape index (κ2) is 8.43. The van der Waals surface area contributed by atoms with Crippen molar-refractivity contribution in [2.75, 3.05) is 36.4 Å². The molecule has 1 amide bonds. The molecule has 1 saturated heterocycles. The van der Waals surface area contributed by atoms with Crippen molar-refractivity contribution in [1.29, 1.82) is 0 Å². The summed E-state index contributed by atoms with van der Waals surface area (Å²) in [6.07, 6.45) is 10.4. The van der Waals surface area contributed by atoms with Gasteiger partial charge < -0.3 is 15.1 Å². The average molecular weight is 375 g/mol. The van der Waals surface area contributed by atoms with Crippen LogP contribution in [0, 0.1) is 0 Å². The van der Waals surface area contributed by atoms with Gasteiger partial charge in [-0.1, -0.05) is 6.07 Å². The third-order valence-electron chi connectivity index (χ3n) is 4.61. The topological polar surface area (TPSA) is 87.1 Å². The molecule has 4 rings (SSSR count). The molecule has 0 radical (unpaired) electrons. The van der Waals surface area contributed by atoms with Gasteiger partial charge in [0.05, 0.1) is 11.3 Å². The van der Waals surface area contributed by atoms with E-state index in [0.29, 0.717) is 44.2 Å². The van der Waals surface area contributed by atoms with E-state index in [1.54, 1.807) is 37.1 Å². The van der Waals surface area contributed by atoms with E-state index in [4.69, 9.17) is 0 Å². The van der Waals surface area contributed by atoms with E-state index in [1.165, 1.54) is 0 Å². The SMILES string of the molecule is O=C(c1cncc(NCc2cccnc2)c1)N1CCN(c2ncccn2)CC1. The molecule has 0 unspecified atom stereocenters. The summed E-state index contributed by atoms with van der Waals surface area (Å²) in [6.45, 7) is 3.31. The Morgan fingerprint density at radius 1 is 0.964 bits per heavy atom. The zero-order valence-corrected chi connectivity index (χ0v) is 15.4. The Balaban J connectivity index is 1.36. The Hall–Kier alpha value is -3.55. The average Bonchev–Trinajstić information content (AvgIpc) is 2.79. The fourth-order valence-electron chi connectivity index (χ4n) is 3.11. The van der Waals surface area contributed by atoms with Gasteiger partial charge in [-0.3, -0.25) is 14.8 Å². The lowest BCUT2D eigenvalue weighted by Gasteiger charge is -2.34. The summed E-state index contributed by atoms with van der Waals surface area (Å²) >= 11 is 0. The minimum absolute atomic E-state index is 0.00819. The Labute approximate surface area is 163 Å². The Kier molecular flexibility index (Phi) is 5.37. The van der Waals surface area contributed by atoms with Crippen LogP contribution < -0.4 is 10.2 Å². The van der Waals surface area contributed by atoms with Crippen LogP contribution in [0.2, 0.25) is 0 Å². The summed E-state index contributed by atoms with van der Waals surface area (Å²) in [5, 5.41) is 3.29. The number of carbonyl (C=O) groups is 1. The molecule has 0 aliphatic carbocycles. The van der Waals surface area contributed by atoms with E-state index in [-0.39, 0.29) is 5.91 Å². The molecule has 3 aromatic heterocycles. The summed E-state index contributed by atoms with van der Waals surface area (Å²) in [4.78, 5) is 33.7. The molecule has 0 spiro atoms. The van der Waals surface area contributed by atoms with Gasteiger partial charge in [0, 0.05) is 69.9 Å². The van der Waals surface area contributed by atoms with Crippen molar-refractivity contribution in [1.82, 2.24) is 24.8 Å². The second-order valence-corrected chi connectivity index (χ2v) is 6.51. The van der Waals surface area contributed by atoms with Gasteiger partial charge in [0.1, 0.15) is 0 Å². The van der Waals surface area contributed by atoms with E-state index >= 15 is 0 Å². The fraction of sp³-hybridized carbons (Fsp3) is 0.250. The standard InChI is InChI=1S/C20H21N7O/c28-19(26-7-9-27(10-8-26)20-23-5-2-6-24-20)17-11-18(15-22-14-17)25-13-16-3-1-4-21-12-16/h1-6,11-12,14-15,25H,7-10,13H2. The minimum Gasteiger partial charge on any atom is -0.380 e. The maximum atomic E-state index is 12.9. The van der Waals surface area contributed by atoms with Gasteiger partial charge in [-0.2, -0.15) is 0 Å². The van der Waals surface area contributed by atoms with Gasteiger partial charge in [0.25, 0.3) is 5.91 Å². The smallest absolute Gasteiger partial charge is 0.255 e. The van der Waals surface area contributed by atoms with Crippen LogP contribution in [0.4, 0.5) is 11.6 Å². The van der Waals surface area contributed by atoms with Gasteiger partial charge in [0.2, 0.25) is 5.95 Å². The maximum Gasteiger partial charge on any atom is 0.255 e. The zero-order valence-electron chi connectivity index (χ0n) is 15.4. The number of nitrogens with one attached hydrogen (secondary N) is 1. The number of hydrogen-bond donors (Lipinski definition) is 1. The van der Waals surface area contributed by atoms with Gasteiger partial charge in [-0.15, -0.1) is 0 Å². The number of rotatable bonds is 5. The van der Waals surface area contributed by atoms with Crippen LogP contribution in [-0.2, 0) is 6.54 Å². The van der Waals surface area contributed by atoms with Crippen molar-refractivity contribution in [3.8, 4) is 0 Å². The molecule has 0 atom stereocenters. The van der Waals surface area contributed by atoms with E-state index in [0.717, 1.165) is 11.3 Å². The first-order valence-electron chi connectivity index (χ1n) is 9.19. The number of amides is 1. The lowest BCUT2D eigenvalue weighted by molar-refractivity contribution is 0.0746. The molecular formula is C20H21N7O. The lowest BCUT2D eigenvalue weighted by atomic mass is 10.2. The molecular weight excluding hydrogens is 354 g/mol. The highest BCUT2D eigenvalue weighted by Crippen LogP contribution is 2.15. The quantitative estimate of drug-likeness (QED) is 0.728. The van der Waals surface area contributed by atoms with Crippen LogP contribution in [0.15, 0.2) is 61.4 Å². The summed E-state index contributed by atoms with van der Waals surface area (Å²) in [5.74, 6) is 0.698. The van der Waals surface area contributed by atoms with Crippen molar-refractivity contribution in [3.05, 3.63) is 72.6 Å². The molecule has 1 fully saturated rings. The second-order valence-electron chi connectivity index (χ2n) is 6.51. The molecule has 28 heavy (non-hydrogen) atoms. The molecule has 8 heteroatoms. The van der Waals surface area contributed by atoms with Gasteiger partial charge in [-0.05, 0) is 23.8 Å². The number of nitrogens with zero attached hydrogens (tertiary/aromatic N) is 6. The van der Waals surface area contributed by atoms with Crippen LogP contribution in [0.5, 0.6) is 0 Å². The monoisotopic (exact) mass is 375 g/mol. The first kappa shape index (κ1) is 17.8. The summed E-state index contributed by atoms with van der Waals surface area (Å²) in [7, 11) is 0. The first-order valence-corrected chi connectivity index (χ1v) is 9.19. The molecule has 1 aliphatic heterocycles. The van der Waals surface area contributed by atoms with Crippen LogP contribution in [0.1, 0.15) is 15.9 Å². The van der Waals surface area contributed by atoms with Crippen molar-refractivity contribution < 1.29 is 4.79 Å². The molecule has 1 N–H and O–H groups in total. The molecule has 4 heterocycles. The molecule has 1 aliphatic rings. The first-order chi connectivity index (χ1) is 13.8. The highest BCUT2D eigenvalue weighted by Gasteiger charge is 2.23. The normalized spacial score (nSPS) is 14.0. The number of anilines is 2.